The largest absolute Gasteiger partial charge is 0.357 e. The second-order valence-electron chi connectivity index (χ2n) is 4.88. The molecule has 1 aromatic heterocycles. The Balaban J connectivity index is 2.01. The Morgan fingerprint density at radius 2 is 2.05 bits per heavy atom. The van der Waals surface area contributed by atoms with E-state index in [1.165, 1.54) is 10.9 Å². The number of hydrogen-bond donors (Lipinski definition) is 2. The van der Waals surface area contributed by atoms with Crippen LogP contribution in [0.25, 0.3) is 0 Å². The topological polar surface area (TPSA) is 49.3 Å². The summed E-state index contributed by atoms with van der Waals surface area (Å²) < 4.78 is 13.6. The molecule has 0 unspecified atom stereocenters. The van der Waals surface area contributed by atoms with Crippen molar-refractivity contribution >= 4 is 17.3 Å². The van der Waals surface area contributed by atoms with Crippen molar-refractivity contribution in [3.8, 4) is 0 Å². The standard InChI is InChI=1S/C16H21FN4S/c1-4-18-16(19-9-13-7-5-6-8-14(13)17)20-10-15-11(2)21-12(3)22-15/h5-8H,4,9-10H2,1-3H3,(H2,18,19,20). The number of hydrogen-bond acceptors (Lipinski definition) is 3. The van der Waals surface area contributed by atoms with Crippen molar-refractivity contribution < 1.29 is 4.39 Å². The first-order chi connectivity index (χ1) is 10.6. The molecule has 0 saturated heterocycles. The predicted molar refractivity (Wildman–Crippen MR) is 89.6 cm³/mol. The molecule has 0 fully saturated rings. The first-order valence-corrected chi connectivity index (χ1v) is 8.10. The monoisotopic (exact) mass is 320 g/mol. The Labute approximate surface area is 134 Å². The number of thiazole rings is 1. The summed E-state index contributed by atoms with van der Waals surface area (Å²) in [5.41, 5.74) is 1.63. The predicted octanol–water partition coefficient (Wildman–Crippen LogP) is 3.15. The average Bonchev–Trinajstić information content (AvgIpc) is 2.81. The Kier molecular flexibility index (Phi) is 5.89. The van der Waals surface area contributed by atoms with Gasteiger partial charge in [-0.1, -0.05) is 18.2 Å². The van der Waals surface area contributed by atoms with Gasteiger partial charge in [0.05, 0.1) is 23.8 Å². The van der Waals surface area contributed by atoms with Gasteiger partial charge in [-0.3, -0.25) is 0 Å². The number of benzene rings is 1. The molecule has 0 aliphatic rings. The lowest BCUT2D eigenvalue weighted by Crippen LogP contribution is -2.36. The number of rotatable bonds is 5. The van der Waals surface area contributed by atoms with E-state index in [0.29, 0.717) is 24.6 Å². The van der Waals surface area contributed by atoms with Crippen LogP contribution in [0.4, 0.5) is 4.39 Å². The van der Waals surface area contributed by atoms with E-state index in [1.807, 2.05) is 26.8 Å². The maximum absolute atomic E-state index is 13.6. The molecular weight excluding hydrogens is 299 g/mol. The van der Waals surface area contributed by atoms with Crippen LogP contribution in [0.1, 0.15) is 28.1 Å². The highest BCUT2D eigenvalue weighted by molar-refractivity contribution is 7.11. The zero-order valence-electron chi connectivity index (χ0n) is 13.1. The summed E-state index contributed by atoms with van der Waals surface area (Å²) in [4.78, 5) is 10.0. The highest BCUT2D eigenvalue weighted by atomic mass is 32.1. The van der Waals surface area contributed by atoms with Crippen molar-refractivity contribution in [2.75, 3.05) is 6.54 Å². The lowest BCUT2D eigenvalue weighted by Gasteiger charge is -2.11. The van der Waals surface area contributed by atoms with Gasteiger partial charge >= 0.3 is 0 Å². The molecule has 1 heterocycles. The molecular formula is C16H21FN4S. The van der Waals surface area contributed by atoms with Gasteiger partial charge in [0.2, 0.25) is 0 Å². The van der Waals surface area contributed by atoms with Gasteiger partial charge in [0.1, 0.15) is 5.82 Å². The maximum Gasteiger partial charge on any atom is 0.191 e. The zero-order chi connectivity index (χ0) is 15.9. The molecule has 6 heteroatoms. The Morgan fingerprint density at radius 3 is 2.68 bits per heavy atom. The van der Waals surface area contributed by atoms with Gasteiger partial charge in [-0.05, 0) is 26.8 Å². The Morgan fingerprint density at radius 1 is 1.27 bits per heavy atom. The lowest BCUT2D eigenvalue weighted by molar-refractivity contribution is 0.610. The first-order valence-electron chi connectivity index (χ1n) is 7.28. The fraction of sp³-hybridized carbons (Fsp3) is 0.375. The fourth-order valence-corrected chi connectivity index (χ4v) is 2.91. The van der Waals surface area contributed by atoms with Gasteiger partial charge in [0, 0.05) is 17.0 Å². The Hall–Kier alpha value is -1.95. The van der Waals surface area contributed by atoms with Crippen LogP contribution >= 0.6 is 11.3 Å². The van der Waals surface area contributed by atoms with Crippen LogP contribution in [0, 0.1) is 19.7 Å². The third-order valence-corrected chi connectivity index (χ3v) is 4.20. The van der Waals surface area contributed by atoms with Crippen molar-refractivity contribution in [2.45, 2.75) is 33.9 Å². The van der Waals surface area contributed by atoms with Crippen LogP contribution in [-0.4, -0.2) is 17.5 Å². The molecule has 0 radical (unpaired) electrons. The van der Waals surface area contributed by atoms with E-state index in [4.69, 9.17) is 0 Å². The average molecular weight is 320 g/mol. The van der Waals surface area contributed by atoms with Gasteiger partial charge in [-0.25, -0.2) is 14.4 Å². The van der Waals surface area contributed by atoms with Crippen molar-refractivity contribution in [3.63, 3.8) is 0 Å². The maximum atomic E-state index is 13.6. The van der Waals surface area contributed by atoms with E-state index < -0.39 is 0 Å². The molecule has 0 aliphatic carbocycles. The minimum atomic E-state index is -0.226. The number of aliphatic imine (C=N–C) groups is 1. The van der Waals surface area contributed by atoms with Crippen molar-refractivity contribution in [1.29, 1.82) is 0 Å². The molecule has 0 bridgehead atoms. The summed E-state index contributed by atoms with van der Waals surface area (Å²) in [5.74, 6) is 0.451. The molecule has 0 saturated carbocycles. The summed E-state index contributed by atoms with van der Waals surface area (Å²) in [7, 11) is 0. The Bertz CT molecular complexity index is 651. The highest BCUT2D eigenvalue weighted by Gasteiger charge is 2.06. The summed E-state index contributed by atoms with van der Waals surface area (Å²) in [6, 6.07) is 6.70. The lowest BCUT2D eigenvalue weighted by atomic mass is 10.2. The second kappa shape index (κ2) is 7.89. The van der Waals surface area contributed by atoms with Crippen LogP contribution in [0.3, 0.4) is 0 Å². The van der Waals surface area contributed by atoms with Gasteiger partial charge in [0.25, 0.3) is 0 Å². The highest BCUT2D eigenvalue weighted by Crippen LogP contribution is 2.16. The first kappa shape index (κ1) is 16.4. The molecule has 2 rings (SSSR count). The second-order valence-corrected chi connectivity index (χ2v) is 6.17. The summed E-state index contributed by atoms with van der Waals surface area (Å²) >= 11 is 1.67. The zero-order valence-corrected chi connectivity index (χ0v) is 13.9. The van der Waals surface area contributed by atoms with Crippen molar-refractivity contribution in [1.82, 2.24) is 15.6 Å². The minimum Gasteiger partial charge on any atom is -0.357 e. The van der Waals surface area contributed by atoms with Crippen molar-refractivity contribution in [2.24, 2.45) is 4.99 Å². The molecule has 2 N–H and O–H groups in total. The summed E-state index contributed by atoms with van der Waals surface area (Å²) in [6.45, 7) is 7.73. The number of aromatic nitrogens is 1. The number of nitrogens with one attached hydrogen (secondary N) is 2. The third kappa shape index (κ3) is 4.53. The summed E-state index contributed by atoms with van der Waals surface area (Å²) in [6.07, 6.45) is 0. The van der Waals surface area contributed by atoms with E-state index in [-0.39, 0.29) is 5.82 Å². The van der Waals surface area contributed by atoms with E-state index in [2.05, 4.69) is 20.6 Å². The van der Waals surface area contributed by atoms with Crippen LogP contribution in [-0.2, 0) is 13.1 Å². The fourth-order valence-electron chi connectivity index (χ4n) is 2.03. The van der Waals surface area contributed by atoms with Crippen LogP contribution in [0.5, 0.6) is 0 Å². The van der Waals surface area contributed by atoms with Crippen molar-refractivity contribution in [3.05, 3.63) is 51.2 Å². The van der Waals surface area contributed by atoms with Crippen LogP contribution in [0.2, 0.25) is 0 Å². The van der Waals surface area contributed by atoms with E-state index in [0.717, 1.165) is 17.2 Å². The number of nitrogens with zero attached hydrogens (tertiary/aromatic N) is 2. The molecule has 1 aromatic carbocycles. The van der Waals surface area contributed by atoms with E-state index in [1.54, 1.807) is 23.5 Å². The van der Waals surface area contributed by atoms with Gasteiger partial charge < -0.3 is 10.6 Å². The van der Waals surface area contributed by atoms with Gasteiger partial charge in [0.15, 0.2) is 5.96 Å². The quantitative estimate of drug-likeness (QED) is 0.657. The van der Waals surface area contributed by atoms with E-state index >= 15 is 0 Å². The SMILES string of the molecule is CCNC(=NCc1ccccc1F)NCc1sc(C)nc1C. The molecule has 0 aliphatic heterocycles. The molecule has 4 nitrogen and oxygen atoms in total. The van der Waals surface area contributed by atoms with Gasteiger partial charge in [-0.2, -0.15) is 0 Å². The molecule has 0 spiro atoms. The number of guanidine groups is 1. The van der Waals surface area contributed by atoms with E-state index in [9.17, 15) is 4.39 Å². The molecule has 2 aromatic rings. The smallest absolute Gasteiger partial charge is 0.191 e. The molecule has 0 atom stereocenters. The van der Waals surface area contributed by atoms with Gasteiger partial charge in [-0.15, -0.1) is 11.3 Å². The molecule has 118 valence electrons. The minimum absolute atomic E-state index is 0.226. The number of halogens is 1. The molecule has 22 heavy (non-hydrogen) atoms. The normalized spacial score (nSPS) is 11.5. The van der Waals surface area contributed by atoms with Crippen LogP contribution < -0.4 is 10.6 Å². The van der Waals surface area contributed by atoms with Crippen LogP contribution in [0.15, 0.2) is 29.3 Å². The molecule has 0 amide bonds. The summed E-state index contributed by atoms with van der Waals surface area (Å²) in [5, 5.41) is 7.50. The third-order valence-electron chi connectivity index (χ3n) is 3.13. The number of aryl methyl sites for hydroxylation is 2.